The van der Waals surface area contributed by atoms with E-state index in [4.69, 9.17) is 31.4 Å². The fourth-order valence-electron chi connectivity index (χ4n) is 2.64. The van der Waals surface area contributed by atoms with Gasteiger partial charge in [0.1, 0.15) is 5.02 Å². The van der Waals surface area contributed by atoms with Crippen LogP contribution in [0.4, 0.5) is 55.2 Å². The molecule has 0 fully saturated rings. The van der Waals surface area contributed by atoms with Crippen molar-refractivity contribution in [2.45, 2.75) is 18.8 Å². The molecule has 0 radical (unpaired) electrons. The highest BCUT2D eigenvalue weighted by atomic mass is 35.5. The van der Waals surface area contributed by atoms with E-state index >= 15 is 0 Å². The molecule has 6 bridgehead atoms. The summed E-state index contributed by atoms with van der Waals surface area (Å²) in [6.07, 6.45) is -7.65. The zero-order chi connectivity index (χ0) is 28.5. The summed E-state index contributed by atoms with van der Waals surface area (Å²) < 4.78 is 63.5. The lowest BCUT2D eigenvalue weighted by molar-refractivity contribution is -0.193. The van der Waals surface area contributed by atoms with Gasteiger partial charge >= 0.3 is 24.3 Å². The van der Waals surface area contributed by atoms with Gasteiger partial charge in [-0.2, -0.15) is 31.3 Å². The highest BCUT2D eigenvalue weighted by molar-refractivity contribution is 6.32. The molecule has 1 aliphatic rings. The van der Waals surface area contributed by atoms with Crippen LogP contribution in [0.15, 0.2) is 54.7 Å². The maximum atomic E-state index is 10.6. The third-order valence-electron chi connectivity index (χ3n) is 4.28. The van der Waals surface area contributed by atoms with Gasteiger partial charge in [-0.05, 0) is 42.3 Å². The Kier molecular flexibility index (Phi) is 10.1. The molecule has 3 aromatic rings. The van der Waals surface area contributed by atoms with Crippen LogP contribution >= 0.6 is 11.6 Å². The van der Waals surface area contributed by atoms with E-state index in [-0.39, 0.29) is 0 Å². The zero-order valence-electron chi connectivity index (χ0n) is 18.9. The van der Waals surface area contributed by atoms with Crippen LogP contribution in [0.3, 0.4) is 0 Å². The maximum absolute atomic E-state index is 10.6. The van der Waals surface area contributed by atoms with Crippen LogP contribution in [0, 0.1) is 0 Å². The molecular formula is C22H18ClF6N5O4. The van der Waals surface area contributed by atoms with Gasteiger partial charge in [0.2, 0.25) is 5.95 Å². The van der Waals surface area contributed by atoms with Crippen molar-refractivity contribution in [1.29, 1.82) is 0 Å². The largest absolute Gasteiger partial charge is 0.490 e. The Balaban J connectivity index is 0.000000301. The molecule has 2 aromatic carbocycles. The average molecular weight is 566 g/mol. The summed E-state index contributed by atoms with van der Waals surface area (Å²) in [5, 5.41) is 24.7. The molecule has 204 valence electrons. The molecule has 0 saturated carbocycles. The second-order valence-corrected chi connectivity index (χ2v) is 7.61. The lowest BCUT2D eigenvalue weighted by Crippen LogP contribution is -2.21. The van der Waals surface area contributed by atoms with E-state index in [1.807, 2.05) is 36.4 Å². The summed E-state index contributed by atoms with van der Waals surface area (Å²) >= 11 is 6.23. The lowest BCUT2D eigenvalue weighted by atomic mass is 10.1. The molecule has 5 N–H and O–H groups in total. The molecule has 4 rings (SSSR count). The Labute approximate surface area is 215 Å². The molecule has 2 heterocycles. The van der Waals surface area contributed by atoms with Gasteiger partial charge < -0.3 is 26.2 Å². The summed E-state index contributed by atoms with van der Waals surface area (Å²) in [4.78, 5) is 26.5. The number of aliphatic carboxylic acids is 2. The maximum Gasteiger partial charge on any atom is 0.490 e. The highest BCUT2D eigenvalue weighted by Gasteiger charge is 2.38. The summed E-state index contributed by atoms with van der Waals surface area (Å²) in [7, 11) is 0. The number of hydrogen-bond acceptors (Lipinski definition) is 7. The van der Waals surface area contributed by atoms with Crippen molar-refractivity contribution in [3.63, 3.8) is 0 Å². The number of carboxylic acid groups (broad SMARTS) is 2. The topological polar surface area (TPSA) is 136 Å². The number of alkyl halides is 6. The molecule has 1 aromatic heterocycles. The fraction of sp³-hybridized carbons (Fsp3) is 0.182. The molecule has 0 saturated heterocycles. The third-order valence-corrected chi connectivity index (χ3v) is 4.56. The van der Waals surface area contributed by atoms with Gasteiger partial charge in [0, 0.05) is 23.6 Å². The number of nitrogens with zero attached hydrogens (tertiary/aromatic N) is 2. The number of aromatic nitrogens is 2. The molecule has 0 unspecified atom stereocenters. The van der Waals surface area contributed by atoms with Gasteiger partial charge in [0.25, 0.3) is 0 Å². The number of carboxylic acids is 2. The van der Waals surface area contributed by atoms with Gasteiger partial charge in [-0.1, -0.05) is 29.8 Å². The average Bonchev–Trinajstić information content (AvgIpc) is 2.81. The van der Waals surface area contributed by atoms with E-state index in [1.165, 1.54) is 5.56 Å². The van der Waals surface area contributed by atoms with Crippen LogP contribution in [0.25, 0.3) is 0 Å². The van der Waals surface area contributed by atoms with Crippen molar-refractivity contribution in [1.82, 2.24) is 9.97 Å². The number of anilines is 5. The van der Waals surface area contributed by atoms with Crippen LogP contribution in [0.2, 0.25) is 5.02 Å². The van der Waals surface area contributed by atoms with Gasteiger partial charge in [0.05, 0.1) is 6.20 Å². The second-order valence-electron chi connectivity index (χ2n) is 7.20. The minimum absolute atomic E-state index is 0.480. The summed E-state index contributed by atoms with van der Waals surface area (Å²) in [6, 6.07) is 16.3. The van der Waals surface area contributed by atoms with Gasteiger partial charge in [-0.15, -0.1) is 0 Å². The van der Waals surface area contributed by atoms with Gasteiger partial charge in [-0.3, -0.25) is 0 Å². The molecule has 0 spiro atoms. The van der Waals surface area contributed by atoms with E-state index in [0.29, 0.717) is 16.8 Å². The Morgan fingerprint density at radius 1 is 0.842 bits per heavy atom. The van der Waals surface area contributed by atoms with E-state index in [2.05, 4.69) is 38.1 Å². The number of nitrogens with one attached hydrogen (secondary N) is 3. The predicted octanol–water partition coefficient (Wildman–Crippen LogP) is 5.85. The smallest absolute Gasteiger partial charge is 0.475 e. The van der Waals surface area contributed by atoms with Gasteiger partial charge in [-0.25, -0.2) is 14.6 Å². The first kappa shape index (κ1) is 30.0. The monoisotopic (exact) mass is 565 g/mol. The predicted molar refractivity (Wildman–Crippen MR) is 126 cm³/mol. The molecular weight excluding hydrogens is 548 g/mol. The number of hydrogen-bond donors (Lipinski definition) is 5. The lowest BCUT2D eigenvalue weighted by Gasteiger charge is -2.14. The van der Waals surface area contributed by atoms with Crippen molar-refractivity contribution in [2.75, 3.05) is 22.5 Å². The quantitative estimate of drug-likeness (QED) is 0.213. The standard InChI is InChI=1S/C18H16ClN5.2C2HF3O2/c19-16-11-21-18-23-15-6-2-4-13(10-15)20-8-7-12-3-1-5-14(9-12)22-17(16)24-18;2*3-2(4,5)1(6)7/h1-6,9-11,20H,7-8H2,(H2,21,22,23,24);2*(H,6,7). The number of halogens is 7. The normalized spacial score (nSPS) is 12.4. The van der Waals surface area contributed by atoms with Gasteiger partial charge in [0.15, 0.2) is 5.82 Å². The van der Waals surface area contributed by atoms with Crippen LogP contribution in [0.5, 0.6) is 0 Å². The number of fused-ring (bicyclic) bond motifs is 6. The van der Waals surface area contributed by atoms with Crippen molar-refractivity contribution in [3.8, 4) is 0 Å². The minimum atomic E-state index is -5.08. The Morgan fingerprint density at radius 3 is 1.95 bits per heavy atom. The first-order valence-electron chi connectivity index (χ1n) is 10.2. The van der Waals surface area contributed by atoms with E-state index in [9.17, 15) is 26.3 Å². The molecule has 0 amide bonds. The summed E-state index contributed by atoms with van der Waals surface area (Å²) in [6.45, 7) is 0.857. The summed E-state index contributed by atoms with van der Waals surface area (Å²) in [5.41, 5.74) is 4.17. The SMILES string of the molecule is Clc1cnc2nc1Nc1cccc(c1)CCNc1cccc(c1)N2.O=C(O)C(F)(F)F.O=C(O)C(F)(F)F. The summed E-state index contributed by atoms with van der Waals surface area (Å²) in [5.74, 6) is -4.44. The molecule has 0 aliphatic carbocycles. The Bertz CT molecular complexity index is 1250. The molecule has 0 atom stereocenters. The van der Waals surface area contributed by atoms with E-state index < -0.39 is 24.3 Å². The van der Waals surface area contributed by atoms with Crippen LogP contribution in [-0.2, 0) is 16.0 Å². The third kappa shape index (κ3) is 10.0. The number of carbonyl (C=O) groups is 2. The number of rotatable bonds is 0. The fourth-order valence-corrected chi connectivity index (χ4v) is 2.78. The molecule has 9 nitrogen and oxygen atoms in total. The first-order chi connectivity index (χ1) is 17.6. The molecule has 1 aliphatic heterocycles. The van der Waals surface area contributed by atoms with Crippen LogP contribution in [-0.4, -0.2) is 51.0 Å². The first-order valence-corrected chi connectivity index (χ1v) is 10.6. The molecule has 16 heteroatoms. The highest BCUT2D eigenvalue weighted by Crippen LogP contribution is 2.26. The zero-order valence-corrected chi connectivity index (χ0v) is 19.6. The number of benzene rings is 2. The van der Waals surface area contributed by atoms with E-state index in [0.717, 1.165) is 30.0 Å². The van der Waals surface area contributed by atoms with Crippen LogP contribution in [0.1, 0.15) is 5.56 Å². The van der Waals surface area contributed by atoms with Crippen molar-refractivity contribution < 1.29 is 46.1 Å². The van der Waals surface area contributed by atoms with Crippen molar-refractivity contribution in [3.05, 3.63) is 65.3 Å². The van der Waals surface area contributed by atoms with Crippen molar-refractivity contribution in [2.24, 2.45) is 0 Å². The van der Waals surface area contributed by atoms with Crippen LogP contribution < -0.4 is 16.0 Å². The second kappa shape index (κ2) is 12.8. The minimum Gasteiger partial charge on any atom is -0.475 e. The molecule has 38 heavy (non-hydrogen) atoms. The van der Waals surface area contributed by atoms with Crippen molar-refractivity contribution >= 4 is 52.4 Å². The Morgan fingerprint density at radius 2 is 1.37 bits per heavy atom. The van der Waals surface area contributed by atoms with E-state index in [1.54, 1.807) is 6.20 Å². The Hall–Kier alpha value is -4.27.